The molecule has 0 radical (unpaired) electrons. The minimum Gasteiger partial charge on any atom is -0.352 e. The first-order chi connectivity index (χ1) is 7.65. The van der Waals surface area contributed by atoms with Crippen LogP contribution in [0.3, 0.4) is 0 Å². The van der Waals surface area contributed by atoms with E-state index in [1.165, 1.54) is 12.3 Å². The smallest absolute Gasteiger partial charge is 0.252 e. The van der Waals surface area contributed by atoms with Crippen LogP contribution in [0.1, 0.15) is 16.8 Å². The van der Waals surface area contributed by atoms with Crippen LogP contribution in [0.5, 0.6) is 0 Å². The maximum absolute atomic E-state index is 11.6. The van der Waals surface area contributed by atoms with Gasteiger partial charge in [0.05, 0.1) is 10.6 Å². The molecule has 0 aromatic carbocycles. The molecule has 0 saturated carbocycles. The number of rotatable bonds is 5. The van der Waals surface area contributed by atoms with E-state index >= 15 is 0 Å². The van der Waals surface area contributed by atoms with Gasteiger partial charge in [-0.05, 0) is 24.5 Å². The number of amides is 1. The molecule has 88 valence electrons. The predicted octanol–water partition coefficient (Wildman–Crippen LogP) is 2.87. The Hall–Kier alpha value is -0.450. The Morgan fingerprint density at radius 3 is 2.94 bits per heavy atom. The van der Waals surface area contributed by atoms with Crippen LogP contribution in [0.4, 0.5) is 0 Å². The van der Waals surface area contributed by atoms with E-state index in [2.05, 4.69) is 10.3 Å². The molecule has 3 nitrogen and oxygen atoms in total. The summed E-state index contributed by atoms with van der Waals surface area (Å²) < 4.78 is 0. The number of carbonyl (C=O) groups is 1. The molecule has 6 heteroatoms. The normalized spacial score (nSPS) is 10.2. The number of halogens is 2. The lowest BCUT2D eigenvalue weighted by atomic mass is 10.2. The lowest BCUT2D eigenvalue weighted by Crippen LogP contribution is -2.24. The summed E-state index contributed by atoms with van der Waals surface area (Å²) in [5.74, 6) is 0.854. The second kappa shape index (κ2) is 6.99. The number of hydrogen-bond acceptors (Lipinski definition) is 3. The van der Waals surface area contributed by atoms with Gasteiger partial charge < -0.3 is 5.32 Å². The zero-order chi connectivity index (χ0) is 12.0. The fourth-order valence-corrected chi connectivity index (χ4v) is 1.77. The Kier molecular flexibility index (Phi) is 5.95. The molecule has 1 aromatic heterocycles. The van der Waals surface area contributed by atoms with Crippen molar-refractivity contribution >= 4 is 40.9 Å². The molecule has 0 bridgehead atoms. The number of aromatic nitrogens is 1. The minimum absolute atomic E-state index is 0.174. The summed E-state index contributed by atoms with van der Waals surface area (Å²) in [5.41, 5.74) is 0.429. The fraction of sp³-hybridized carbons (Fsp3) is 0.400. The second-order valence-corrected chi connectivity index (χ2v) is 4.85. The third-order valence-corrected chi connectivity index (χ3v) is 3.25. The molecule has 0 saturated heterocycles. The number of hydrogen-bond donors (Lipinski definition) is 1. The highest BCUT2D eigenvalue weighted by atomic mass is 35.5. The van der Waals surface area contributed by atoms with Gasteiger partial charge >= 0.3 is 0 Å². The van der Waals surface area contributed by atoms with E-state index in [9.17, 15) is 4.79 Å². The van der Waals surface area contributed by atoms with Crippen LogP contribution < -0.4 is 5.32 Å². The van der Waals surface area contributed by atoms with Crippen molar-refractivity contribution in [3.63, 3.8) is 0 Å². The Labute approximate surface area is 109 Å². The van der Waals surface area contributed by atoms with Gasteiger partial charge in [-0.2, -0.15) is 11.8 Å². The molecule has 0 spiro atoms. The quantitative estimate of drug-likeness (QED) is 0.665. The first kappa shape index (κ1) is 13.6. The highest BCUT2D eigenvalue weighted by Crippen LogP contribution is 2.19. The van der Waals surface area contributed by atoms with Gasteiger partial charge in [0, 0.05) is 12.7 Å². The van der Waals surface area contributed by atoms with Gasteiger partial charge in [-0.1, -0.05) is 23.2 Å². The molecule has 0 aliphatic rings. The average Bonchev–Trinajstić information content (AvgIpc) is 2.28. The summed E-state index contributed by atoms with van der Waals surface area (Å²) in [4.78, 5) is 15.4. The Morgan fingerprint density at radius 2 is 2.31 bits per heavy atom. The van der Waals surface area contributed by atoms with Crippen molar-refractivity contribution in [2.45, 2.75) is 6.42 Å². The standard InChI is InChI=1S/C10H12Cl2N2OS/c1-16-4-2-3-13-10(15)7-5-8(11)9(12)14-6-7/h5-6H,2-4H2,1H3,(H,13,15). The SMILES string of the molecule is CSCCCNC(=O)c1cnc(Cl)c(Cl)c1. The van der Waals surface area contributed by atoms with Crippen molar-refractivity contribution in [1.82, 2.24) is 10.3 Å². The van der Waals surface area contributed by atoms with Crippen molar-refractivity contribution in [3.8, 4) is 0 Å². The van der Waals surface area contributed by atoms with Crippen molar-refractivity contribution in [1.29, 1.82) is 0 Å². The van der Waals surface area contributed by atoms with Crippen LogP contribution >= 0.6 is 35.0 Å². The fourth-order valence-electron chi connectivity index (χ4n) is 1.07. The molecule has 1 heterocycles. The molecular formula is C10H12Cl2N2OS. The van der Waals surface area contributed by atoms with Crippen molar-refractivity contribution in [2.24, 2.45) is 0 Å². The minimum atomic E-state index is -0.174. The summed E-state index contributed by atoms with van der Waals surface area (Å²) in [6.07, 6.45) is 4.39. The summed E-state index contributed by atoms with van der Waals surface area (Å²) in [6, 6.07) is 1.51. The maximum atomic E-state index is 11.6. The van der Waals surface area contributed by atoms with E-state index in [-0.39, 0.29) is 11.1 Å². The van der Waals surface area contributed by atoms with E-state index in [1.54, 1.807) is 11.8 Å². The highest BCUT2D eigenvalue weighted by molar-refractivity contribution is 7.98. The molecule has 0 fully saturated rings. The zero-order valence-electron chi connectivity index (χ0n) is 8.80. The van der Waals surface area contributed by atoms with Crippen LogP contribution in [-0.2, 0) is 0 Å². The third kappa shape index (κ3) is 4.20. The molecule has 0 atom stereocenters. The molecule has 1 N–H and O–H groups in total. The molecule has 0 aliphatic heterocycles. The highest BCUT2D eigenvalue weighted by Gasteiger charge is 2.08. The number of pyridine rings is 1. The Morgan fingerprint density at radius 1 is 1.56 bits per heavy atom. The molecule has 16 heavy (non-hydrogen) atoms. The third-order valence-electron chi connectivity index (χ3n) is 1.87. The lowest BCUT2D eigenvalue weighted by Gasteiger charge is -2.04. The first-order valence-electron chi connectivity index (χ1n) is 4.73. The van der Waals surface area contributed by atoms with E-state index in [0.717, 1.165) is 12.2 Å². The number of carbonyl (C=O) groups excluding carboxylic acids is 1. The Balaban J connectivity index is 2.50. The largest absolute Gasteiger partial charge is 0.352 e. The lowest BCUT2D eigenvalue weighted by molar-refractivity contribution is 0.0953. The van der Waals surface area contributed by atoms with Gasteiger partial charge in [-0.15, -0.1) is 0 Å². The topological polar surface area (TPSA) is 42.0 Å². The van der Waals surface area contributed by atoms with Crippen molar-refractivity contribution in [2.75, 3.05) is 18.6 Å². The maximum Gasteiger partial charge on any atom is 0.252 e. The average molecular weight is 279 g/mol. The van der Waals surface area contributed by atoms with Crippen LogP contribution in [0.2, 0.25) is 10.2 Å². The Bertz CT molecular complexity index is 374. The monoisotopic (exact) mass is 278 g/mol. The van der Waals surface area contributed by atoms with Gasteiger partial charge in [0.2, 0.25) is 0 Å². The summed E-state index contributed by atoms with van der Waals surface area (Å²) in [7, 11) is 0. The van der Waals surface area contributed by atoms with Gasteiger partial charge in [-0.25, -0.2) is 4.98 Å². The molecule has 1 amide bonds. The van der Waals surface area contributed by atoms with Gasteiger partial charge in [0.15, 0.2) is 0 Å². The van der Waals surface area contributed by atoms with E-state index in [1.807, 2.05) is 6.26 Å². The second-order valence-electron chi connectivity index (χ2n) is 3.10. The molecular weight excluding hydrogens is 267 g/mol. The van der Waals surface area contributed by atoms with Crippen LogP contribution in [0.25, 0.3) is 0 Å². The van der Waals surface area contributed by atoms with Crippen molar-refractivity contribution < 1.29 is 4.79 Å². The van der Waals surface area contributed by atoms with E-state index < -0.39 is 0 Å². The van der Waals surface area contributed by atoms with Crippen molar-refractivity contribution in [3.05, 3.63) is 28.0 Å². The predicted molar refractivity (Wildman–Crippen MR) is 69.6 cm³/mol. The molecule has 0 unspecified atom stereocenters. The van der Waals surface area contributed by atoms with Gasteiger partial charge in [0.1, 0.15) is 5.15 Å². The molecule has 0 aliphatic carbocycles. The summed E-state index contributed by atoms with van der Waals surface area (Å²) in [5, 5.41) is 3.29. The summed E-state index contributed by atoms with van der Waals surface area (Å²) >= 11 is 13.2. The van der Waals surface area contributed by atoms with E-state index in [4.69, 9.17) is 23.2 Å². The zero-order valence-corrected chi connectivity index (χ0v) is 11.1. The molecule has 1 aromatic rings. The number of nitrogens with zero attached hydrogens (tertiary/aromatic N) is 1. The van der Waals surface area contributed by atoms with Crippen LogP contribution in [-0.4, -0.2) is 29.4 Å². The van der Waals surface area contributed by atoms with Gasteiger partial charge in [-0.3, -0.25) is 4.79 Å². The summed E-state index contributed by atoms with van der Waals surface area (Å²) in [6.45, 7) is 0.653. The van der Waals surface area contributed by atoms with Gasteiger partial charge in [0.25, 0.3) is 5.91 Å². The number of thioether (sulfide) groups is 1. The van der Waals surface area contributed by atoms with Crippen LogP contribution in [0.15, 0.2) is 12.3 Å². The first-order valence-corrected chi connectivity index (χ1v) is 6.88. The molecule has 1 rings (SSSR count). The van der Waals surface area contributed by atoms with E-state index in [0.29, 0.717) is 17.1 Å². The number of nitrogens with one attached hydrogen (secondary N) is 1. The van der Waals surface area contributed by atoms with Crippen LogP contribution in [0, 0.1) is 0 Å².